The highest BCUT2D eigenvalue weighted by atomic mass is 19.1. The predicted octanol–water partition coefficient (Wildman–Crippen LogP) is 2.37. The lowest BCUT2D eigenvalue weighted by Crippen LogP contribution is -2.31. The van der Waals surface area contributed by atoms with E-state index in [0.29, 0.717) is 12.1 Å². The van der Waals surface area contributed by atoms with Gasteiger partial charge in [-0.3, -0.25) is 4.79 Å². The van der Waals surface area contributed by atoms with E-state index in [9.17, 15) is 14.3 Å². The Bertz CT molecular complexity index is 670. The van der Waals surface area contributed by atoms with Gasteiger partial charge < -0.3 is 15.4 Å². The average Bonchev–Trinajstić information content (AvgIpc) is 2.99. The van der Waals surface area contributed by atoms with E-state index in [-0.39, 0.29) is 23.1 Å². The first kappa shape index (κ1) is 15.0. The molecule has 1 fully saturated rings. The summed E-state index contributed by atoms with van der Waals surface area (Å²) in [7, 11) is 0. The Morgan fingerprint density at radius 3 is 3.05 bits per heavy atom. The van der Waals surface area contributed by atoms with Crippen LogP contribution in [0.25, 0.3) is 11.0 Å². The number of nitrogens with one attached hydrogen (secondary N) is 2. The fourth-order valence-electron chi connectivity index (χ4n) is 3.14. The van der Waals surface area contributed by atoms with Crippen molar-refractivity contribution in [1.82, 2.24) is 15.3 Å². The summed E-state index contributed by atoms with van der Waals surface area (Å²) in [5.41, 5.74) is 0.749. The Morgan fingerprint density at radius 2 is 2.23 bits per heavy atom. The third-order valence-electron chi connectivity index (χ3n) is 4.44. The minimum atomic E-state index is -0.603. The topological polar surface area (TPSA) is 78.0 Å². The fraction of sp³-hybridized carbons (Fsp3) is 0.500. The summed E-state index contributed by atoms with van der Waals surface area (Å²) in [6.07, 6.45) is 5.87. The summed E-state index contributed by atoms with van der Waals surface area (Å²) in [6.45, 7) is 0.443. The first-order chi connectivity index (χ1) is 10.7. The molecule has 2 atom stereocenters. The molecule has 22 heavy (non-hydrogen) atoms. The minimum absolute atomic E-state index is 0.00351. The third-order valence-corrected chi connectivity index (χ3v) is 4.44. The second-order valence-corrected chi connectivity index (χ2v) is 5.88. The summed E-state index contributed by atoms with van der Waals surface area (Å²) < 4.78 is 14.2. The number of amides is 1. The van der Waals surface area contributed by atoms with Crippen LogP contribution in [0.3, 0.4) is 0 Å². The molecule has 1 aromatic carbocycles. The van der Waals surface area contributed by atoms with Crippen molar-refractivity contribution in [2.45, 2.75) is 38.2 Å². The average molecular weight is 305 g/mol. The number of halogens is 1. The Kier molecular flexibility index (Phi) is 4.38. The summed E-state index contributed by atoms with van der Waals surface area (Å²) in [5, 5.41) is 12.6. The third kappa shape index (κ3) is 2.97. The van der Waals surface area contributed by atoms with Gasteiger partial charge in [-0.05, 0) is 37.3 Å². The van der Waals surface area contributed by atoms with Crippen LogP contribution in [0.1, 0.15) is 42.5 Å². The van der Waals surface area contributed by atoms with Crippen LogP contribution in [-0.2, 0) is 0 Å². The maximum Gasteiger partial charge on any atom is 0.254 e. The SMILES string of the molecule is O=C(NCC[C@H]1CCCC[C@H]1O)c1ccc2[nH]cnc2c1F. The van der Waals surface area contributed by atoms with E-state index >= 15 is 0 Å². The lowest BCUT2D eigenvalue weighted by molar-refractivity contribution is 0.0643. The van der Waals surface area contributed by atoms with Gasteiger partial charge >= 0.3 is 0 Å². The van der Waals surface area contributed by atoms with Crippen LogP contribution in [0, 0.1) is 11.7 Å². The monoisotopic (exact) mass is 305 g/mol. The molecule has 2 aromatic rings. The highest BCUT2D eigenvalue weighted by Gasteiger charge is 2.23. The van der Waals surface area contributed by atoms with Crippen LogP contribution in [0.2, 0.25) is 0 Å². The number of benzene rings is 1. The molecule has 3 rings (SSSR count). The predicted molar refractivity (Wildman–Crippen MR) is 81.0 cm³/mol. The molecule has 1 aliphatic rings. The highest BCUT2D eigenvalue weighted by molar-refractivity contribution is 5.97. The van der Waals surface area contributed by atoms with Crippen molar-refractivity contribution in [2.75, 3.05) is 6.54 Å². The van der Waals surface area contributed by atoms with Crippen LogP contribution in [0.5, 0.6) is 0 Å². The van der Waals surface area contributed by atoms with E-state index < -0.39 is 11.7 Å². The van der Waals surface area contributed by atoms with Gasteiger partial charge in [-0.2, -0.15) is 0 Å². The van der Waals surface area contributed by atoms with Crippen molar-refractivity contribution >= 4 is 16.9 Å². The van der Waals surface area contributed by atoms with Crippen molar-refractivity contribution in [3.8, 4) is 0 Å². The van der Waals surface area contributed by atoms with Crippen LogP contribution in [0.4, 0.5) is 4.39 Å². The smallest absolute Gasteiger partial charge is 0.254 e. The van der Waals surface area contributed by atoms with Crippen molar-refractivity contribution < 1.29 is 14.3 Å². The number of aromatic amines is 1. The molecule has 0 radical (unpaired) electrons. The zero-order valence-electron chi connectivity index (χ0n) is 12.3. The van der Waals surface area contributed by atoms with Crippen molar-refractivity contribution in [3.05, 3.63) is 29.8 Å². The quantitative estimate of drug-likeness (QED) is 0.811. The van der Waals surface area contributed by atoms with Gasteiger partial charge in [-0.15, -0.1) is 0 Å². The first-order valence-corrected chi connectivity index (χ1v) is 7.74. The Labute approximate surface area is 127 Å². The maximum absolute atomic E-state index is 14.2. The molecule has 1 aromatic heterocycles. The number of hydrogen-bond acceptors (Lipinski definition) is 3. The largest absolute Gasteiger partial charge is 0.393 e. The van der Waals surface area contributed by atoms with Gasteiger partial charge in [-0.25, -0.2) is 9.37 Å². The van der Waals surface area contributed by atoms with E-state index in [1.165, 1.54) is 12.4 Å². The molecular weight excluding hydrogens is 285 g/mol. The second-order valence-electron chi connectivity index (χ2n) is 5.88. The molecule has 118 valence electrons. The van der Waals surface area contributed by atoms with Gasteiger partial charge in [0.25, 0.3) is 5.91 Å². The van der Waals surface area contributed by atoms with E-state index in [4.69, 9.17) is 0 Å². The second kappa shape index (κ2) is 6.44. The molecule has 1 aliphatic carbocycles. The minimum Gasteiger partial charge on any atom is -0.393 e. The number of fused-ring (bicyclic) bond motifs is 1. The Hall–Kier alpha value is -1.95. The number of aliphatic hydroxyl groups is 1. The molecule has 1 amide bonds. The number of nitrogens with zero attached hydrogens (tertiary/aromatic N) is 1. The summed E-state index contributed by atoms with van der Waals surface area (Å²) in [4.78, 5) is 18.8. The summed E-state index contributed by atoms with van der Waals surface area (Å²) >= 11 is 0. The zero-order chi connectivity index (χ0) is 15.5. The van der Waals surface area contributed by atoms with Gasteiger partial charge in [0, 0.05) is 6.54 Å². The number of rotatable bonds is 4. The Morgan fingerprint density at radius 1 is 1.41 bits per heavy atom. The fourth-order valence-corrected chi connectivity index (χ4v) is 3.14. The standard InChI is InChI=1S/C16H20FN3O2/c17-14-11(5-6-12-15(14)20-9-19-12)16(22)18-8-7-10-3-1-2-4-13(10)21/h5-6,9-10,13,21H,1-4,7-8H2,(H,18,22)(H,19,20)/t10-,13-/m1/s1. The number of hydrogen-bond donors (Lipinski definition) is 3. The molecule has 5 nitrogen and oxygen atoms in total. The van der Waals surface area contributed by atoms with Crippen molar-refractivity contribution in [3.63, 3.8) is 0 Å². The molecule has 6 heteroatoms. The van der Waals surface area contributed by atoms with Crippen LogP contribution >= 0.6 is 0 Å². The number of aliphatic hydroxyl groups excluding tert-OH is 1. The van der Waals surface area contributed by atoms with Gasteiger partial charge in [0.15, 0.2) is 5.82 Å². The van der Waals surface area contributed by atoms with E-state index in [1.807, 2.05) is 0 Å². The van der Waals surface area contributed by atoms with Crippen molar-refractivity contribution in [1.29, 1.82) is 0 Å². The number of aromatic nitrogens is 2. The van der Waals surface area contributed by atoms with Crippen LogP contribution in [0.15, 0.2) is 18.5 Å². The van der Waals surface area contributed by atoms with E-state index in [1.54, 1.807) is 6.07 Å². The first-order valence-electron chi connectivity index (χ1n) is 7.74. The number of H-pyrrole nitrogens is 1. The lowest BCUT2D eigenvalue weighted by Gasteiger charge is -2.27. The maximum atomic E-state index is 14.2. The van der Waals surface area contributed by atoms with Gasteiger partial charge in [0.05, 0.1) is 23.5 Å². The summed E-state index contributed by atoms with van der Waals surface area (Å²) in [6, 6.07) is 3.10. The number of imidazole rings is 1. The van der Waals surface area contributed by atoms with Gasteiger partial charge in [0.1, 0.15) is 5.52 Å². The molecule has 0 unspecified atom stereocenters. The van der Waals surface area contributed by atoms with Crippen molar-refractivity contribution in [2.24, 2.45) is 5.92 Å². The molecule has 1 heterocycles. The van der Waals surface area contributed by atoms with E-state index in [2.05, 4.69) is 15.3 Å². The molecule has 0 bridgehead atoms. The van der Waals surface area contributed by atoms with Crippen LogP contribution in [-0.4, -0.2) is 33.6 Å². The van der Waals surface area contributed by atoms with E-state index in [0.717, 1.165) is 32.1 Å². The molecule has 3 N–H and O–H groups in total. The van der Waals surface area contributed by atoms with Gasteiger partial charge in [0.2, 0.25) is 0 Å². The molecule has 0 aliphatic heterocycles. The van der Waals surface area contributed by atoms with Crippen LogP contribution < -0.4 is 5.32 Å². The molecule has 0 saturated heterocycles. The zero-order valence-corrected chi connectivity index (χ0v) is 12.3. The number of carbonyl (C=O) groups is 1. The number of carbonyl (C=O) groups excluding carboxylic acids is 1. The van der Waals surface area contributed by atoms with Gasteiger partial charge in [-0.1, -0.05) is 12.8 Å². The Balaban J connectivity index is 1.60. The molecule has 1 saturated carbocycles. The normalized spacial score (nSPS) is 21.9. The molecular formula is C16H20FN3O2. The summed E-state index contributed by atoms with van der Waals surface area (Å²) in [5.74, 6) is -0.811. The molecule has 0 spiro atoms. The lowest BCUT2D eigenvalue weighted by atomic mass is 9.84. The highest BCUT2D eigenvalue weighted by Crippen LogP contribution is 2.26.